The molecule has 0 N–H and O–H groups in total. The maximum atomic E-state index is 6.26. The maximum Gasteiger partial charge on any atom is 0.160 e. The van der Waals surface area contributed by atoms with Crippen LogP contribution in [-0.2, 0) is 6.54 Å². The number of aryl methyl sites for hydroxylation is 1. The standard InChI is InChI=1S/C15H20ClN3/c1-11(16)14-18-13-7-4-9-17-15(13)19(14)10-8-12-5-2-3-6-12/h4,7,9,11-12H,2-3,5-6,8,10H2,1H3. The van der Waals surface area contributed by atoms with Gasteiger partial charge in [0.15, 0.2) is 5.65 Å². The van der Waals surface area contributed by atoms with Gasteiger partial charge in [-0.1, -0.05) is 25.7 Å². The Morgan fingerprint density at radius 1 is 1.42 bits per heavy atom. The summed E-state index contributed by atoms with van der Waals surface area (Å²) in [7, 11) is 0. The van der Waals surface area contributed by atoms with Crippen molar-refractivity contribution in [1.82, 2.24) is 14.5 Å². The molecule has 0 amide bonds. The van der Waals surface area contributed by atoms with Crippen molar-refractivity contribution in [2.24, 2.45) is 5.92 Å². The highest BCUT2D eigenvalue weighted by atomic mass is 35.5. The third-order valence-electron chi connectivity index (χ3n) is 4.12. The zero-order valence-corrected chi connectivity index (χ0v) is 12.1. The van der Waals surface area contributed by atoms with E-state index in [4.69, 9.17) is 11.6 Å². The van der Waals surface area contributed by atoms with Gasteiger partial charge in [-0.25, -0.2) is 9.97 Å². The van der Waals surface area contributed by atoms with Gasteiger partial charge in [-0.2, -0.15) is 0 Å². The second-order valence-corrected chi connectivity index (χ2v) is 6.18. The first-order valence-corrected chi connectivity index (χ1v) is 7.64. The van der Waals surface area contributed by atoms with Crippen LogP contribution in [0.3, 0.4) is 0 Å². The summed E-state index contributed by atoms with van der Waals surface area (Å²) in [6.45, 7) is 2.97. The van der Waals surface area contributed by atoms with Crippen LogP contribution in [0.4, 0.5) is 0 Å². The SMILES string of the molecule is CC(Cl)c1nc2cccnc2n1CCC1CCCC1. The van der Waals surface area contributed by atoms with Gasteiger partial charge in [0.1, 0.15) is 11.3 Å². The minimum atomic E-state index is -0.0715. The summed E-state index contributed by atoms with van der Waals surface area (Å²) < 4.78 is 2.21. The van der Waals surface area contributed by atoms with Crippen molar-refractivity contribution >= 4 is 22.8 Å². The van der Waals surface area contributed by atoms with Crippen molar-refractivity contribution in [3.8, 4) is 0 Å². The van der Waals surface area contributed by atoms with E-state index in [0.29, 0.717) is 0 Å². The lowest BCUT2D eigenvalue weighted by atomic mass is 10.0. The number of hydrogen-bond acceptors (Lipinski definition) is 2. The minimum absolute atomic E-state index is 0.0715. The van der Waals surface area contributed by atoms with E-state index in [1.54, 1.807) is 0 Å². The summed E-state index contributed by atoms with van der Waals surface area (Å²) in [4.78, 5) is 9.10. The Morgan fingerprint density at radius 2 is 2.21 bits per heavy atom. The van der Waals surface area contributed by atoms with E-state index < -0.39 is 0 Å². The Bertz CT molecular complexity index is 556. The Hall–Kier alpha value is -1.09. The van der Waals surface area contributed by atoms with Gasteiger partial charge in [-0.3, -0.25) is 0 Å². The minimum Gasteiger partial charge on any atom is -0.311 e. The van der Waals surface area contributed by atoms with E-state index in [0.717, 1.165) is 29.5 Å². The lowest BCUT2D eigenvalue weighted by Gasteiger charge is -2.13. The lowest BCUT2D eigenvalue weighted by Crippen LogP contribution is -2.08. The number of halogens is 1. The molecule has 1 aliphatic rings. The zero-order chi connectivity index (χ0) is 13.2. The van der Waals surface area contributed by atoms with Gasteiger partial charge in [0.05, 0.1) is 5.38 Å². The lowest BCUT2D eigenvalue weighted by molar-refractivity contribution is 0.455. The normalized spacial score (nSPS) is 18.2. The highest BCUT2D eigenvalue weighted by Gasteiger charge is 2.19. The van der Waals surface area contributed by atoms with Crippen LogP contribution in [0.15, 0.2) is 18.3 Å². The second kappa shape index (κ2) is 5.49. The number of nitrogens with zero attached hydrogens (tertiary/aromatic N) is 3. The first-order chi connectivity index (χ1) is 9.25. The van der Waals surface area contributed by atoms with Crippen molar-refractivity contribution in [3.05, 3.63) is 24.2 Å². The van der Waals surface area contributed by atoms with E-state index in [1.807, 2.05) is 25.3 Å². The van der Waals surface area contributed by atoms with Crippen LogP contribution in [0.25, 0.3) is 11.2 Å². The number of imidazole rings is 1. The summed E-state index contributed by atoms with van der Waals surface area (Å²) in [5.41, 5.74) is 1.93. The average Bonchev–Trinajstić information content (AvgIpc) is 3.03. The Kier molecular flexibility index (Phi) is 3.74. The molecular weight excluding hydrogens is 258 g/mol. The van der Waals surface area contributed by atoms with Crippen LogP contribution in [0.2, 0.25) is 0 Å². The van der Waals surface area contributed by atoms with Gasteiger partial charge in [0, 0.05) is 12.7 Å². The monoisotopic (exact) mass is 277 g/mol. The second-order valence-electron chi connectivity index (χ2n) is 5.52. The predicted molar refractivity (Wildman–Crippen MR) is 78.4 cm³/mol. The third-order valence-corrected chi connectivity index (χ3v) is 4.32. The highest BCUT2D eigenvalue weighted by Crippen LogP contribution is 2.30. The summed E-state index contributed by atoms with van der Waals surface area (Å²) in [5, 5.41) is -0.0715. The van der Waals surface area contributed by atoms with Crippen LogP contribution in [0.5, 0.6) is 0 Å². The summed E-state index contributed by atoms with van der Waals surface area (Å²) in [6, 6.07) is 3.94. The van der Waals surface area contributed by atoms with Crippen LogP contribution >= 0.6 is 11.6 Å². The maximum absolute atomic E-state index is 6.26. The molecule has 4 heteroatoms. The van der Waals surface area contributed by atoms with Crippen molar-refractivity contribution in [2.45, 2.75) is 50.9 Å². The van der Waals surface area contributed by atoms with E-state index in [1.165, 1.54) is 32.1 Å². The quantitative estimate of drug-likeness (QED) is 0.780. The number of hydrogen-bond donors (Lipinski definition) is 0. The van der Waals surface area contributed by atoms with Gasteiger partial charge in [0.2, 0.25) is 0 Å². The Labute approximate surface area is 119 Å². The van der Waals surface area contributed by atoms with Crippen molar-refractivity contribution in [3.63, 3.8) is 0 Å². The van der Waals surface area contributed by atoms with Gasteiger partial charge in [-0.15, -0.1) is 11.6 Å². The molecular formula is C15H20ClN3. The smallest absolute Gasteiger partial charge is 0.160 e. The summed E-state index contributed by atoms with van der Waals surface area (Å²) >= 11 is 6.26. The number of rotatable bonds is 4. The molecule has 1 fully saturated rings. The fourth-order valence-corrected chi connectivity index (χ4v) is 3.28. The molecule has 2 aromatic heterocycles. The molecule has 3 rings (SSSR count). The molecule has 0 radical (unpaired) electrons. The molecule has 102 valence electrons. The van der Waals surface area contributed by atoms with Crippen LogP contribution in [0.1, 0.15) is 50.2 Å². The molecule has 0 aromatic carbocycles. The molecule has 0 aliphatic heterocycles. The molecule has 2 heterocycles. The van der Waals surface area contributed by atoms with Crippen LogP contribution in [0, 0.1) is 5.92 Å². The van der Waals surface area contributed by atoms with Crippen LogP contribution < -0.4 is 0 Å². The zero-order valence-electron chi connectivity index (χ0n) is 11.3. The molecule has 1 saturated carbocycles. The van der Waals surface area contributed by atoms with E-state index in [-0.39, 0.29) is 5.38 Å². The predicted octanol–water partition coefficient (Wildman–Crippen LogP) is 4.31. The molecule has 2 aromatic rings. The molecule has 1 aliphatic carbocycles. The highest BCUT2D eigenvalue weighted by molar-refractivity contribution is 6.20. The van der Waals surface area contributed by atoms with Gasteiger partial charge in [0.25, 0.3) is 0 Å². The first kappa shape index (κ1) is 12.9. The number of aromatic nitrogens is 3. The number of fused-ring (bicyclic) bond motifs is 1. The topological polar surface area (TPSA) is 30.7 Å². The molecule has 0 saturated heterocycles. The molecule has 0 spiro atoms. The fraction of sp³-hybridized carbons (Fsp3) is 0.600. The van der Waals surface area contributed by atoms with E-state index in [2.05, 4.69) is 14.5 Å². The molecule has 19 heavy (non-hydrogen) atoms. The summed E-state index contributed by atoms with van der Waals surface area (Å²) in [6.07, 6.45) is 8.60. The average molecular weight is 278 g/mol. The van der Waals surface area contributed by atoms with Gasteiger partial charge in [-0.05, 0) is 31.4 Å². The van der Waals surface area contributed by atoms with E-state index >= 15 is 0 Å². The Balaban J connectivity index is 1.88. The van der Waals surface area contributed by atoms with Crippen molar-refractivity contribution in [1.29, 1.82) is 0 Å². The van der Waals surface area contributed by atoms with E-state index in [9.17, 15) is 0 Å². The molecule has 1 unspecified atom stereocenters. The largest absolute Gasteiger partial charge is 0.311 e. The number of pyridine rings is 1. The summed E-state index contributed by atoms with van der Waals surface area (Å²) in [5.74, 6) is 1.83. The number of alkyl halides is 1. The Morgan fingerprint density at radius 3 is 2.95 bits per heavy atom. The van der Waals surface area contributed by atoms with Crippen molar-refractivity contribution < 1.29 is 0 Å². The van der Waals surface area contributed by atoms with Gasteiger partial charge < -0.3 is 4.57 Å². The third kappa shape index (κ3) is 2.62. The van der Waals surface area contributed by atoms with Crippen molar-refractivity contribution in [2.75, 3.05) is 0 Å². The fourth-order valence-electron chi connectivity index (χ4n) is 3.11. The molecule has 1 atom stereocenters. The molecule has 0 bridgehead atoms. The first-order valence-electron chi connectivity index (χ1n) is 7.21. The molecule has 3 nitrogen and oxygen atoms in total. The van der Waals surface area contributed by atoms with Gasteiger partial charge >= 0.3 is 0 Å². The van der Waals surface area contributed by atoms with Crippen LogP contribution in [-0.4, -0.2) is 14.5 Å².